The third-order valence-corrected chi connectivity index (χ3v) is 5.60. The molecule has 2 atom stereocenters. The van der Waals surface area contributed by atoms with Crippen LogP contribution in [0.15, 0.2) is 0 Å². The molecule has 2 saturated heterocycles. The third-order valence-electron chi connectivity index (χ3n) is 5.60. The number of hydrogen-bond donors (Lipinski definition) is 2. The van der Waals surface area contributed by atoms with Crippen LogP contribution in [0.5, 0.6) is 0 Å². The largest absolute Gasteiger partial charge is 0.381 e. The summed E-state index contributed by atoms with van der Waals surface area (Å²) in [5.74, 6) is 0.261. The Morgan fingerprint density at radius 1 is 1.17 bits per heavy atom. The maximum atomic E-state index is 12.4. The first-order chi connectivity index (χ1) is 11.1. The predicted octanol–water partition coefficient (Wildman–Crippen LogP) is 0.790. The van der Waals surface area contributed by atoms with E-state index in [0.29, 0.717) is 32.2 Å². The van der Waals surface area contributed by atoms with Gasteiger partial charge in [0.05, 0.1) is 12.1 Å². The standard InChI is InChI=1S/C17H29N3O3/c18-16(12-6-8-23-9-7-12)17(22)19-13-10-15(21)20(11-13)14-4-2-1-3-5-14/h12-14,16H,1-11,18H2,(H,19,22). The molecule has 0 aromatic rings. The zero-order valence-corrected chi connectivity index (χ0v) is 13.8. The lowest BCUT2D eigenvalue weighted by Gasteiger charge is -2.31. The van der Waals surface area contributed by atoms with E-state index in [1.807, 2.05) is 4.90 Å². The van der Waals surface area contributed by atoms with E-state index in [0.717, 1.165) is 25.7 Å². The van der Waals surface area contributed by atoms with Gasteiger partial charge in [-0.3, -0.25) is 9.59 Å². The van der Waals surface area contributed by atoms with Gasteiger partial charge in [0.1, 0.15) is 0 Å². The summed E-state index contributed by atoms with van der Waals surface area (Å²) in [6, 6.07) is -0.192. The maximum absolute atomic E-state index is 12.4. The fourth-order valence-electron chi connectivity index (χ4n) is 4.16. The van der Waals surface area contributed by atoms with E-state index in [4.69, 9.17) is 10.5 Å². The number of carbonyl (C=O) groups is 2. The lowest BCUT2D eigenvalue weighted by molar-refractivity contribution is -0.130. The average molecular weight is 323 g/mol. The van der Waals surface area contributed by atoms with Crippen molar-refractivity contribution >= 4 is 11.8 Å². The quantitative estimate of drug-likeness (QED) is 0.801. The number of ether oxygens (including phenoxy) is 1. The van der Waals surface area contributed by atoms with Gasteiger partial charge in [0.15, 0.2) is 0 Å². The molecule has 3 fully saturated rings. The van der Waals surface area contributed by atoms with Crippen LogP contribution in [0.25, 0.3) is 0 Å². The molecule has 3 aliphatic rings. The fourth-order valence-corrected chi connectivity index (χ4v) is 4.16. The Kier molecular flexibility index (Phi) is 5.54. The van der Waals surface area contributed by atoms with Crippen molar-refractivity contribution in [1.82, 2.24) is 10.2 Å². The Morgan fingerprint density at radius 3 is 2.57 bits per heavy atom. The van der Waals surface area contributed by atoms with Crippen molar-refractivity contribution in [3.05, 3.63) is 0 Å². The number of nitrogens with one attached hydrogen (secondary N) is 1. The molecular formula is C17H29N3O3. The summed E-state index contributed by atoms with van der Waals surface area (Å²) < 4.78 is 5.32. The second kappa shape index (κ2) is 7.62. The van der Waals surface area contributed by atoms with Gasteiger partial charge in [0, 0.05) is 32.2 Å². The van der Waals surface area contributed by atoms with Crippen LogP contribution in [0.4, 0.5) is 0 Å². The molecule has 6 heteroatoms. The van der Waals surface area contributed by atoms with E-state index in [-0.39, 0.29) is 23.8 Å². The number of likely N-dealkylation sites (tertiary alicyclic amines) is 1. The van der Waals surface area contributed by atoms with Crippen LogP contribution in [0.1, 0.15) is 51.4 Å². The first-order valence-corrected chi connectivity index (χ1v) is 9.08. The summed E-state index contributed by atoms with van der Waals surface area (Å²) in [6.45, 7) is 2.02. The minimum absolute atomic E-state index is 0.0807. The zero-order valence-electron chi connectivity index (χ0n) is 13.8. The molecule has 6 nitrogen and oxygen atoms in total. The molecule has 2 unspecified atom stereocenters. The van der Waals surface area contributed by atoms with Crippen molar-refractivity contribution in [2.75, 3.05) is 19.8 Å². The summed E-state index contributed by atoms with van der Waals surface area (Å²) in [5.41, 5.74) is 6.12. The molecule has 3 rings (SSSR count). The van der Waals surface area contributed by atoms with E-state index >= 15 is 0 Å². The smallest absolute Gasteiger partial charge is 0.237 e. The molecule has 2 aliphatic heterocycles. The second-order valence-electron chi connectivity index (χ2n) is 7.22. The minimum Gasteiger partial charge on any atom is -0.381 e. The molecule has 2 amide bonds. The number of carbonyl (C=O) groups excluding carboxylic acids is 2. The summed E-state index contributed by atoms with van der Waals surface area (Å²) in [4.78, 5) is 26.6. The van der Waals surface area contributed by atoms with Crippen LogP contribution >= 0.6 is 0 Å². The normalized spacial score (nSPS) is 28.8. The van der Waals surface area contributed by atoms with Gasteiger partial charge in [-0.25, -0.2) is 0 Å². The topological polar surface area (TPSA) is 84.7 Å². The monoisotopic (exact) mass is 323 g/mol. The highest BCUT2D eigenvalue weighted by molar-refractivity contribution is 5.85. The van der Waals surface area contributed by atoms with Gasteiger partial charge in [0.2, 0.25) is 11.8 Å². The summed E-state index contributed by atoms with van der Waals surface area (Å²) in [7, 11) is 0. The molecule has 0 aromatic heterocycles. The van der Waals surface area contributed by atoms with E-state index < -0.39 is 6.04 Å². The van der Waals surface area contributed by atoms with E-state index in [1.54, 1.807) is 0 Å². The van der Waals surface area contributed by atoms with Crippen LogP contribution in [0.2, 0.25) is 0 Å². The van der Waals surface area contributed by atoms with Gasteiger partial charge in [-0.1, -0.05) is 19.3 Å². The molecule has 0 spiro atoms. The van der Waals surface area contributed by atoms with Gasteiger partial charge in [-0.2, -0.15) is 0 Å². The Balaban J connectivity index is 1.50. The van der Waals surface area contributed by atoms with Crippen LogP contribution in [-0.2, 0) is 14.3 Å². The lowest BCUT2D eigenvalue weighted by Crippen LogP contribution is -2.51. The number of nitrogens with two attached hydrogens (primary N) is 1. The molecule has 3 N–H and O–H groups in total. The van der Waals surface area contributed by atoms with E-state index in [1.165, 1.54) is 19.3 Å². The molecule has 130 valence electrons. The fraction of sp³-hybridized carbons (Fsp3) is 0.882. The summed E-state index contributed by atoms with van der Waals surface area (Å²) in [6.07, 6.45) is 8.00. The van der Waals surface area contributed by atoms with Crippen LogP contribution < -0.4 is 11.1 Å². The zero-order chi connectivity index (χ0) is 16.2. The van der Waals surface area contributed by atoms with Crippen molar-refractivity contribution in [1.29, 1.82) is 0 Å². The lowest BCUT2D eigenvalue weighted by atomic mass is 9.91. The molecule has 0 bridgehead atoms. The van der Waals surface area contributed by atoms with Crippen molar-refractivity contribution < 1.29 is 14.3 Å². The molecule has 23 heavy (non-hydrogen) atoms. The molecule has 0 radical (unpaired) electrons. The Hall–Kier alpha value is -1.14. The van der Waals surface area contributed by atoms with E-state index in [9.17, 15) is 9.59 Å². The Bertz CT molecular complexity index is 431. The van der Waals surface area contributed by atoms with Crippen LogP contribution in [-0.4, -0.2) is 54.6 Å². The molecule has 1 aliphatic carbocycles. The number of amides is 2. The van der Waals surface area contributed by atoms with Crippen LogP contribution in [0, 0.1) is 5.92 Å². The first-order valence-electron chi connectivity index (χ1n) is 9.08. The van der Waals surface area contributed by atoms with Crippen molar-refractivity contribution in [2.24, 2.45) is 11.7 Å². The van der Waals surface area contributed by atoms with Gasteiger partial charge in [-0.15, -0.1) is 0 Å². The van der Waals surface area contributed by atoms with E-state index in [2.05, 4.69) is 5.32 Å². The number of hydrogen-bond acceptors (Lipinski definition) is 4. The van der Waals surface area contributed by atoms with Gasteiger partial charge < -0.3 is 20.7 Å². The molecule has 2 heterocycles. The Morgan fingerprint density at radius 2 is 1.87 bits per heavy atom. The number of rotatable bonds is 4. The SMILES string of the molecule is NC(C(=O)NC1CC(=O)N(C2CCCCC2)C1)C1CCOCC1. The summed E-state index contributed by atoms with van der Waals surface area (Å²) in [5, 5.41) is 3.01. The second-order valence-corrected chi connectivity index (χ2v) is 7.22. The van der Waals surface area contributed by atoms with Gasteiger partial charge >= 0.3 is 0 Å². The van der Waals surface area contributed by atoms with Gasteiger partial charge in [0.25, 0.3) is 0 Å². The van der Waals surface area contributed by atoms with Crippen molar-refractivity contribution in [3.63, 3.8) is 0 Å². The summed E-state index contributed by atoms with van der Waals surface area (Å²) >= 11 is 0. The first kappa shape index (κ1) is 16.7. The highest BCUT2D eigenvalue weighted by atomic mass is 16.5. The highest BCUT2D eigenvalue weighted by Gasteiger charge is 2.36. The van der Waals surface area contributed by atoms with Gasteiger partial charge in [-0.05, 0) is 31.6 Å². The van der Waals surface area contributed by atoms with Crippen LogP contribution in [0.3, 0.4) is 0 Å². The maximum Gasteiger partial charge on any atom is 0.237 e. The molecule has 1 saturated carbocycles. The van der Waals surface area contributed by atoms with Crippen molar-refractivity contribution in [3.8, 4) is 0 Å². The van der Waals surface area contributed by atoms with Crippen molar-refractivity contribution in [2.45, 2.75) is 69.5 Å². The minimum atomic E-state index is -0.488. The molecular weight excluding hydrogens is 294 g/mol. The highest BCUT2D eigenvalue weighted by Crippen LogP contribution is 2.26. The third kappa shape index (κ3) is 4.04. The molecule has 0 aromatic carbocycles. The average Bonchev–Trinajstić information content (AvgIpc) is 2.96. The number of nitrogens with zero attached hydrogens (tertiary/aromatic N) is 1. The Labute approximate surface area is 138 Å². The predicted molar refractivity (Wildman–Crippen MR) is 86.7 cm³/mol.